The molecule has 3 fully saturated rings. The second-order valence-corrected chi connectivity index (χ2v) is 6.49. The molecule has 110 valence electrons. The molecule has 1 amide bonds. The first-order chi connectivity index (χ1) is 8.75. The van der Waals surface area contributed by atoms with Crippen LogP contribution in [0.1, 0.15) is 45.4 Å². The summed E-state index contributed by atoms with van der Waals surface area (Å²) >= 11 is 0. The predicted molar refractivity (Wildman–Crippen MR) is 79.5 cm³/mol. The Morgan fingerprint density at radius 1 is 1.16 bits per heavy atom. The molecule has 0 aromatic rings. The number of carbonyl (C=O) groups is 1. The highest BCUT2D eigenvalue weighted by Gasteiger charge is 2.36. The molecule has 2 heterocycles. The molecule has 0 aromatic heterocycles. The Balaban J connectivity index is 0.00000133. The van der Waals surface area contributed by atoms with Crippen molar-refractivity contribution in [2.75, 3.05) is 19.6 Å². The molecule has 2 unspecified atom stereocenters. The average molecular weight is 287 g/mol. The van der Waals surface area contributed by atoms with Crippen LogP contribution in [0.4, 0.5) is 0 Å². The van der Waals surface area contributed by atoms with Gasteiger partial charge in [0.2, 0.25) is 5.91 Å². The second kappa shape index (κ2) is 6.45. The van der Waals surface area contributed by atoms with Crippen LogP contribution in [-0.2, 0) is 4.79 Å². The van der Waals surface area contributed by atoms with E-state index in [9.17, 15) is 4.79 Å². The number of carbonyl (C=O) groups excluding carboxylic acids is 1. The van der Waals surface area contributed by atoms with Crippen LogP contribution in [0.3, 0.4) is 0 Å². The zero-order valence-corrected chi connectivity index (χ0v) is 12.8. The van der Waals surface area contributed by atoms with Crippen molar-refractivity contribution in [1.82, 2.24) is 10.2 Å². The molecule has 3 rings (SSSR count). The summed E-state index contributed by atoms with van der Waals surface area (Å²) in [5, 5.41) is 3.62. The third-order valence-corrected chi connectivity index (χ3v) is 5.24. The van der Waals surface area contributed by atoms with Gasteiger partial charge in [-0.1, -0.05) is 6.92 Å². The number of piperidine rings is 1. The van der Waals surface area contributed by atoms with Crippen LogP contribution in [0, 0.1) is 17.8 Å². The second-order valence-electron chi connectivity index (χ2n) is 6.49. The Hall–Kier alpha value is -0.280. The molecule has 3 aliphatic rings. The molecule has 0 bridgehead atoms. The van der Waals surface area contributed by atoms with Gasteiger partial charge in [-0.25, -0.2) is 0 Å². The average Bonchev–Trinajstić information content (AvgIpc) is 3.12. The molecular formula is C15H27ClN2O. The van der Waals surface area contributed by atoms with Gasteiger partial charge in [0.1, 0.15) is 0 Å². The number of halogens is 1. The predicted octanol–water partition coefficient (Wildman–Crippen LogP) is 2.44. The molecule has 0 aromatic carbocycles. The number of nitrogens with zero attached hydrogens (tertiary/aromatic N) is 1. The number of hydrogen-bond acceptors (Lipinski definition) is 2. The van der Waals surface area contributed by atoms with Gasteiger partial charge in [-0.3, -0.25) is 4.79 Å². The summed E-state index contributed by atoms with van der Waals surface area (Å²) in [5.41, 5.74) is 0. The highest BCUT2D eigenvalue weighted by molar-refractivity contribution is 5.85. The maximum atomic E-state index is 12.3. The van der Waals surface area contributed by atoms with Crippen LogP contribution in [0.2, 0.25) is 0 Å². The standard InChI is InChI=1S/C15H26N2O.ClH/c1-11(12-4-5-12)15(18)17-9-6-13(7-10-17)14-3-2-8-16-14;/h11-14,16H,2-10H2,1H3;1H. The van der Waals surface area contributed by atoms with Gasteiger partial charge in [-0.2, -0.15) is 0 Å². The molecular weight excluding hydrogens is 260 g/mol. The Bertz CT molecular complexity index is 305. The highest BCUT2D eigenvalue weighted by Crippen LogP contribution is 2.38. The Kier molecular flexibility index (Phi) is 5.13. The van der Waals surface area contributed by atoms with Crippen molar-refractivity contribution in [2.45, 2.75) is 51.5 Å². The van der Waals surface area contributed by atoms with Gasteiger partial charge < -0.3 is 10.2 Å². The van der Waals surface area contributed by atoms with E-state index in [1.54, 1.807) is 0 Å². The Morgan fingerprint density at radius 3 is 2.37 bits per heavy atom. The lowest BCUT2D eigenvalue weighted by molar-refractivity contribution is -0.137. The van der Waals surface area contributed by atoms with Gasteiger partial charge in [0, 0.05) is 25.0 Å². The van der Waals surface area contributed by atoms with Gasteiger partial charge >= 0.3 is 0 Å². The van der Waals surface area contributed by atoms with E-state index in [4.69, 9.17) is 0 Å². The normalized spacial score (nSPS) is 29.9. The van der Waals surface area contributed by atoms with E-state index in [2.05, 4.69) is 17.1 Å². The number of nitrogens with one attached hydrogen (secondary N) is 1. The molecule has 1 N–H and O–H groups in total. The van der Waals surface area contributed by atoms with Crippen molar-refractivity contribution in [1.29, 1.82) is 0 Å². The van der Waals surface area contributed by atoms with Gasteiger partial charge in [-0.05, 0) is 56.9 Å². The monoisotopic (exact) mass is 286 g/mol. The summed E-state index contributed by atoms with van der Waals surface area (Å²) in [4.78, 5) is 14.5. The van der Waals surface area contributed by atoms with Crippen LogP contribution in [0.5, 0.6) is 0 Å². The van der Waals surface area contributed by atoms with Gasteiger partial charge in [-0.15, -0.1) is 12.4 Å². The van der Waals surface area contributed by atoms with E-state index in [0.717, 1.165) is 25.0 Å². The molecule has 1 saturated carbocycles. The maximum absolute atomic E-state index is 12.3. The quantitative estimate of drug-likeness (QED) is 0.864. The van der Waals surface area contributed by atoms with Gasteiger partial charge in [0.15, 0.2) is 0 Å². The molecule has 2 saturated heterocycles. The first kappa shape index (κ1) is 15.1. The zero-order valence-electron chi connectivity index (χ0n) is 11.9. The number of likely N-dealkylation sites (tertiary alicyclic amines) is 1. The van der Waals surface area contributed by atoms with Gasteiger partial charge in [0.25, 0.3) is 0 Å². The van der Waals surface area contributed by atoms with E-state index in [-0.39, 0.29) is 18.3 Å². The van der Waals surface area contributed by atoms with Crippen molar-refractivity contribution in [3.05, 3.63) is 0 Å². The van der Waals surface area contributed by atoms with E-state index < -0.39 is 0 Å². The summed E-state index contributed by atoms with van der Waals surface area (Å²) in [6.07, 6.45) is 7.64. The van der Waals surface area contributed by atoms with Crippen molar-refractivity contribution in [3.63, 3.8) is 0 Å². The molecule has 19 heavy (non-hydrogen) atoms. The molecule has 1 aliphatic carbocycles. The lowest BCUT2D eigenvalue weighted by Crippen LogP contribution is -2.45. The number of amides is 1. The topological polar surface area (TPSA) is 32.3 Å². The van der Waals surface area contributed by atoms with Crippen LogP contribution in [0.15, 0.2) is 0 Å². The third-order valence-electron chi connectivity index (χ3n) is 5.24. The molecule has 2 aliphatic heterocycles. The number of hydrogen-bond donors (Lipinski definition) is 1. The third kappa shape index (κ3) is 3.43. The Labute approximate surface area is 122 Å². The molecule has 0 radical (unpaired) electrons. The zero-order chi connectivity index (χ0) is 12.5. The minimum Gasteiger partial charge on any atom is -0.342 e. The largest absolute Gasteiger partial charge is 0.342 e. The summed E-state index contributed by atoms with van der Waals surface area (Å²) in [5.74, 6) is 2.22. The van der Waals surface area contributed by atoms with E-state index in [1.165, 1.54) is 45.1 Å². The minimum atomic E-state index is 0. The van der Waals surface area contributed by atoms with Crippen molar-refractivity contribution >= 4 is 18.3 Å². The highest BCUT2D eigenvalue weighted by atomic mass is 35.5. The molecule has 0 spiro atoms. The van der Waals surface area contributed by atoms with E-state index in [0.29, 0.717) is 11.8 Å². The van der Waals surface area contributed by atoms with Crippen LogP contribution in [0.25, 0.3) is 0 Å². The summed E-state index contributed by atoms with van der Waals surface area (Å²) < 4.78 is 0. The fourth-order valence-corrected chi connectivity index (χ4v) is 3.72. The van der Waals surface area contributed by atoms with Crippen LogP contribution in [-0.4, -0.2) is 36.5 Å². The molecule has 2 atom stereocenters. The first-order valence-corrected chi connectivity index (χ1v) is 7.78. The fraction of sp³-hybridized carbons (Fsp3) is 0.933. The lowest BCUT2D eigenvalue weighted by atomic mass is 9.88. The minimum absolute atomic E-state index is 0. The fourth-order valence-electron chi connectivity index (χ4n) is 3.72. The number of rotatable bonds is 3. The lowest BCUT2D eigenvalue weighted by Gasteiger charge is -2.36. The van der Waals surface area contributed by atoms with E-state index in [1.807, 2.05) is 0 Å². The smallest absolute Gasteiger partial charge is 0.225 e. The first-order valence-electron chi connectivity index (χ1n) is 7.78. The van der Waals surface area contributed by atoms with Gasteiger partial charge in [0.05, 0.1) is 0 Å². The van der Waals surface area contributed by atoms with Crippen LogP contribution < -0.4 is 5.32 Å². The van der Waals surface area contributed by atoms with Crippen molar-refractivity contribution in [2.24, 2.45) is 17.8 Å². The van der Waals surface area contributed by atoms with E-state index >= 15 is 0 Å². The van der Waals surface area contributed by atoms with Crippen molar-refractivity contribution < 1.29 is 4.79 Å². The SMILES string of the molecule is CC(C(=O)N1CCC(C2CCCN2)CC1)C1CC1.Cl. The summed E-state index contributed by atoms with van der Waals surface area (Å²) in [6, 6.07) is 0.739. The summed E-state index contributed by atoms with van der Waals surface area (Å²) in [6.45, 7) is 5.32. The molecule has 3 nitrogen and oxygen atoms in total. The maximum Gasteiger partial charge on any atom is 0.225 e. The molecule has 4 heteroatoms. The van der Waals surface area contributed by atoms with Crippen molar-refractivity contribution in [3.8, 4) is 0 Å². The summed E-state index contributed by atoms with van der Waals surface area (Å²) in [7, 11) is 0. The van der Waals surface area contributed by atoms with Crippen LogP contribution >= 0.6 is 12.4 Å². The Morgan fingerprint density at radius 2 is 1.84 bits per heavy atom.